The van der Waals surface area contributed by atoms with E-state index in [1.54, 1.807) is 11.8 Å². The van der Waals surface area contributed by atoms with E-state index in [1.807, 2.05) is 54.6 Å². The summed E-state index contributed by atoms with van der Waals surface area (Å²) in [6, 6.07) is 17.4. The minimum atomic E-state index is -0.0576. The van der Waals surface area contributed by atoms with Crippen molar-refractivity contribution in [3.63, 3.8) is 0 Å². The predicted molar refractivity (Wildman–Crippen MR) is 104 cm³/mol. The monoisotopic (exact) mass is 378 g/mol. The average Bonchev–Trinajstić information content (AvgIpc) is 3.37. The van der Waals surface area contributed by atoms with E-state index in [1.165, 1.54) is 0 Å². The number of aryl methyl sites for hydroxylation is 1. The molecule has 0 bridgehead atoms. The first-order valence-electron chi connectivity index (χ1n) is 9.31. The van der Waals surface area contributed by atoms with Crippen molar-refractivity contribution in [1.82, 2.24) is 20.4 Å². The summed E-state index contributed by atoms with van der Waals surface area (Å²) in [6.07, 6.45) is 0.797. The van der Waals surface area contributed by atoms with Crippen LogP contribution in [-0.2, 0) is 6.54 Å². The summed E-state index contributed by atoms with van der Waals surface area (Å²) < 4.78 is 11.0. The highest BCUT2D eigenvalue weighted by molar-refractivity contribution is 5.74. The van der Waals surface area contributed by atoms with Gasteiger partial charge in [-0.15, -0.1) is 0 Å². The Morgan fingerprint density at radius 3 is 2.71 bits per heavy atom. The summed E-state index contributed by atoms with van der Waals surface area (Å²) in [5, 5.41) is 6.87. The number of hydrogen-bond acceptors (Lipinski definition) is 5. The molecule has 1 aliphatic rings. The van der Waals surface area contributed by atoms with Crippen LogP contribution < -0.4 is 10.1 Å². The standard InChI is InChI=1S/C21H22N4O3/c1-15-23-20(24-28-15)17-7-9-18(10-8-17)27-19-11-12-25(14-19)21(26)22-13-16-5-3-2-4-6-16/h2-10,19H,11-14H2,1H3,(H,22,26). The average molecular weight is 378 g/mol. The van der Waals surface area contributed by atoms with Crippen molar-refractivity contribution in [1.29, 1.82) is 0 Å². The molecule has 144 valence electrons. The Balaban J connectivity index is 1.28. The number of hydrogen-bond donors (Lipinski definition) is 1. The van der Waals surface area contributed by atoms with Crippen LogP contribution in [0.1, 0.15) is 17.9 Å². The molecule has 4 rings (SSSR count). The van der Waals surface area contributed by atoms with Crippen LogP contribution in [0, 0.1) is 6.92 Å². The lowest BCUT2D eigenvalue weighted by Crippen LogP contribution is -2.39. The number of rotatable bonds is 5. The molecule has 1 aliphatic heterocycles. The van der Waals surface area contributed by atoms with E-state index in [0.717, 1.165) is 23.3 Å². The number of nitrogens with one attached hydrogen (secondary N) is 1. The van der Waals surface area contributed by atoms with Gasteiger partial charge in [0.25, 0.3) is 0 Å². The Morgan fingerprint density at radius 2 is 2.00 bits per heavy atom. The van der Waals surface area contributed by atoms with E-state index in [-0.39, 0.29) is 12.1 Å². The first-order valence-corrected chi connectivity index (χ1v) is 9.31. The fraction of sp³-hybridized carbons (Fsp3) is 0.286. The number of nitrogens with zero attached hydrogens (tertiary/aromatic N) is 3. The van der Waals surface area contributed by atoms with Crippen molar-refractivity contribution >= 4 is 6.03 Å². The molecule has 2 amide bonds. The topological polar surface area (TPSA) is 80.5 Å². The summed E-state index contributed by atoms with van der Waals surface area (Å²) in [7, 11) is 0. The molecule has 3 aromatic rings. The molecule has 2 heterocycles. The molecule has 1 fully saturated rings. The highest BCUT2D eigenvalue weighted by Gasteiger charge is 2.27. The van der Waals surface area contributed by atoms with Gasteiger partial charge < -0.3 is 19.5 Å². The largest absolute Gasteiger partial charge is 0.489 e. The zero-order valence-electron chi connectivity index (χ0n) is 15.7. The number of ether oxygens (including phenoxy) is 1. The predicted octanol–water partition coefficient (Wildman–Crippen LogP) is 3.41. The first kappa shape index (κ1) is 18.0. The van der Waals surface area contributed by atoms with Crippen LogP contribution >= 0.6 is 0 Å². The number of carbonyl (C=O) groups excluding carboxylic acids is 1. The van der Waals surface area contributed by atoms with E-state index in [0.29, 0.717) is 31.3 Å². The van der Waals surface area contributed by atoms with E-state index >= 15 is 0 Å². The minimum absolute atomic E-state index is 0.0132. The fourth-order valence-corrected chi connectivity index (χ4v) is 3.19. The fourth-order valence-electron chi connectivity index (χ4n) is 3.19. The van der Waals surface area contributed by atoms with Gasteiger partial charge in [0, 0.05) is 32.0 Å². The highest BCUT2D eigenvalue weighted by atomic mass is 16.5. The lowest BCUT2D eigenvalue weighted by atomic mass is 10.2. The lowest BCUT2D eigenvalue weighted by molar-refractivity contribution is 0.186. The number of likely N-dealkylation sites (tertiary alicyclic amines) is 1. The van der Waals surface area contributed by atoms with Crippen molar-refractivity contribution in [3.8, 4) is 17.1 Å². The molecule has 1 N–H and O–H groups in total. The second-order valence-electron chi connectivity index (χ2n) is 6.78. The molecule has 2 aromatic carbocycles. The van der Waals surface area contributed by atoms with Gasteiger partial charge in [-0.05, 0) is 29.8 Å². The number of aromatic nitrogens is 2. The third-order valence-corrected chi connectivity index (χ3v) is 4.66. The zero-order valence-corrected chi connectivity index (χ0v) is 15.7. The Morgan fingerprint density at radius 1 is 1.21 bits per heavy atom. The summed E-state index contributed by atoms with van der Waals surface area (Å²) in [4.78, 5) is 18.4. The number of amides is 2. The summed E-state index contributed by atoms with van der Waals surface area (Å²) in [5.41, 5.74) is 1.96. The van der Waals surface area contributed by atoms with E-state index < -0.39 is 0 Å². The second-order valence-corrected chi connectivity index (χ2v) is 6.78. The molecule has 7 nitrogen and oxygen atoms in total. The van der Waals surface area contributed by atoms with Crippen LogP contribution in [0.3, 0.4) is 0 Å². The first-order chi connectivity index (χ1) is 13.7. The summed E-state index contributed by atoms with van der Waals surface area (Å²) >= 11 is 0. The summed E-state index contributed by atoms with van der Waals surface area (Å²) in [5.74, 6) is 1.86. The Kier molecular flexibility index (Phi) is 5.23. The quantitative estimate of drug-likeness (QED) is 0.736. The molecule has 0 spiro atoms. The van der Waals surface area contributed by atoms with Crippen LogP contribution in [0.5, 0.6) is 5.75 Å². The van der Waals surface area contributed by atoms with Crippen molar-refractivity contribution in [3.05, 3.63) is 66.1 Å². The molecule has 28 heavy (non-hydrogen) atoms. The Hall–Kier alpha value is -3.35. The van der Waals surface area contributed by atoms with Crippen LogP contribution in [0.2, 0.25) is 0 Å². The maximum Gasteiger partial charge on any atom is 0.317 e. The SMILES string of the molecule is Cc1nc(-c2ccc(OC3CCN(C(=O)NCc4ccccc4)C3)cc2)no1. The maximum atomic E-state index is 12.4. The van der Waals surface area contributed by atoms with Crippen molar-refractivity contribution in [2.24, 2.45) is 0 Å². The third kappa shape index (κ3) is 4.31. The van der Waals surface area contributed by atoms with Crippen LogP contribution in [0.4, 0.5) is 4.79 Å². The van der Waals surface area contributed by atoms with E-state index in [2.05, 4.69) is 15.5 Å². The van der Waals surface area contributed by atoms with Gasteiger partial charge in [-0.3, -0.25) is 0 Å². The van der Waals surface area contributed by atoms with Gasteiger partial charge in [0.05, 0.1) is 6.54 Å². The normalized spacial score (nSPS) is 16.2. The van der Waals surface area contributed by atoms with Gasteiger partial charge in [0.15, 0.2) is 0 Å². The molecule has 1 aromatic heterocycles. The van der Waals surface area contributed by atoms with E-state index in [4.69, 9.17) is 9.26 Å². The smallest absolute Gasteiger partial charge is 0.317 e. The van der Waals surface area contributed by atoms with Gasteiger partial charge in [0.2, 0.25) is 11.7 Å². The van der Waals surface area contributed by atoms with Crippen molar-refractivity contribution in [2.45, 2.75) is 26.0 Å². The van der Waals surface area contributed by atoms with Gasteiger partial charge in [0.1, 0.15) is 11.9 Å². The van der Waals surface area contributed by atoms with Gasteiger partial charge in [-0.2, -0.15) is 4.98 Å². The molecule has 0 saturated carbocycles. The molecule has 1 atom stereocenters. The van der Waals surface area contributed by atoms with E-state index in [9.17, 15) is 4.79 Å². The Labute approximate surface area is 163 Å². The van der Waals surface area contributed by atoms with Gasteiger partial charge >= 0.3 is 6.03 Å². The third-order valence-electron chi connectivity index (χ3n) is 4.66. The minimum Gasteiger partial charge on any atom is -0.489 e. The maximum absolute atomic E-state index is 12.4. The molecular weight excluding hydrogens is 356 g/mol. The molecule has 0 aliphatic carbocycles. The van der Waals surface area contributed by atoms with Gasteiger partial charge in [-0.25, -0.2) is 4.79 Å². The van der Waals surface area contributed by atoms with Crippen LogP contribution in [0.15, 0.2) is 59.1 Å². The number of urea groups is 1. The highest BCUT2D eigenvalue weighted by Crippen LogP contribution is 2.23. The number of benzene rings is 2. The number of carbonyl (C=O) groups is 1. The molecule has 1 saturated heterocycles. The van der Waals surface area contributed by atoms with Crippen LogP contribution in [-0.4, -0.2) is 40.3 Å². The zero-order chi connectivity index (χ0) is 19.3. The molecule has 7 heteroatoms. The summed E-state index contributed by atoms with van der Waals surface area (Å²) in [6.45, 7) is 3.55. The lowest BCUT2D eigenvalue weighted by Gasteiger charge is -2.18. The molecule has 1 unspecified atom stereocenters. The van der Waals surface area contributed by atoms with Crippen molar-refractivity contribution in [2.75, 3.05) is 13.1 Å². The molecular formula is C21H22N4O3. The Bertz CT molecular complexity index is 924. The molecule has 0 radical (unpaired) electrons. The van der Waals surface area contributed by atoms with Crippen molar-refractivity contribution < 1.29 is 14.1 Å². The van der Waals surface area contributed by atoms with Crippen LogP contribution in [0.25, 0.3) is 11.4 Å². The van der Waals surface area contributed by atoms with Gasteiger partial charge in [-0.1, -0.05) is 35.5 Å². The second kappa shape index (κ2) is 8.12.